The normalized spacial score (nSPS) is 17.8. The molecular weight excluding hydrogens is 164 g/mol. The minimum Gasteiger partial charge on any atom is -0.382 e. The SMILES string of the molecule is Nc1cnc(CN2CCCC2)cn1. The van der Waals surface area contributed by atoms with Gasteiger partial charge < -0.3 is 5.73 Å². The molecule has 1 aliphatic heterocycles. The smallest absolute Gasteiger partial charge is 0.141 e. The van der Waals surface area contributed by atoms with Gasteiger partial charge in [-0.05, 0) is 25.9 Å². The summed E-state index contributed by atoms with van der Waals surface area (Å²) in [4.78, 5) is 10.6. The van der Waals surface area contributed by atoms with Crippen molar-refractivity contribution in [3.63, 3.8) is 0 Å². The lowest BCUT2D eigenvalue weighted by Crippen LogP contribution is -2.19. The van der Waals surface area contributed by atoms with Gasteiger partial charge in [0.25, 0.3) is 0 Å². The molecule has 13 heavy (non-hydrogen) atoms. The minimum atomic E-state index is 0.491. The fraction of sp³-hybridized carbons (Fsp3) is 0.556. The predicted molar refractivity (Wildman–Crippen MR) is 51.0 cm³/mol. The Morgan fingerprint density at radius 3 is 2.62 bits per heavy atom. The molecule has 0 atom stereocenters. The van der Waals surface area contributed by atoms with E-state index < -0.39 is 0 Å². The Bertz CT molecular complexity index is 263. The lowest BCUT2D eigenvalue weighted by molar-refractivity contribution is 0.327. The monoisotopic (exact) mass is 178 g/mol. The highest BCUT2D eigenvalue weighted by molar-refractivity contribution is 5.22. The molecule has 0 unspecified atom stereocenters. The number of anilines is 1. The Morgan fingerprint density at radius 2 is 2.00 bits per heavy atom. The second-order valence-electron chi connectivity index (χ2n) is 3.42. The van der Waals surface area contributed by atoms with Crippen molar-refractivity contribution in [3.05, 3.63) is 18.1 Å². The van der Waals surface area contributed by atoms with Crippen molar-refractivity contribution in [1.29, 1.82) is 0 Å². The number of nitrogen functional groups attached to an aromatic ring is 1. The Morgan fingerprint density at radius 1 is 1.23 bits per heavy atom. The molecule has 0 aromatic carbocycles. The van der Waals surface area contributed by atoms with Crippen LogP contribution in [0, 0.1) is 0 Å². The minimum absolute atomic E-state index is 0.491. The van der Waals surface area contributed by atoms with Gasteiger partial charge in [-0.15, -0.1) is 0 Å². The van der Waals surface area contributed by atoms with Gasteiger partial charge >= 0.3 is 0 Å². The number of nitrogens with two attached hydrogens (primary N) is 1. The van der Waals surface area contributed by atoms with E-state index in [0.717, 1.165) is 12.2 Å². The Labute approximate surface area is 77.8 Å². The summed E-state index contributed by atoms with van der Waals surface area (Å²) < 4.78 is 0. The molecule has 4 heteroatoms. The summed E-state index contributed by atoms with van der Waals surface area (Å²) in [5, 5.41) is 0. The number of nitrogens with zero attached hydrogens (tertiary/aromatic N) is 3. The zero-order valence-electron chi connectivity index (χ0n) is 7.61. The van der Waals surface area contributed by atoms with Crippen LogP contribution in [-0.4, -0.2) is 28.0 Å². The first-order valence-corrected chi connectivity index (χ1v) is 4.63. The first-order valence-electron chi connectivity index (χ1n) is 4.63. The number of hydrogen-bond donors (Lipinski definition) is 1. The lowest BCUT2D eigenvalue weighted by Gasteiger charge is -2.12. The summed E-state index contributed by atoms with van der Waals surface area (Å²) in [5.41, 5.74) is 6.46. The average molecular weight is 178 g/mol. The molecule has 1 aromatic rings. The molecule has 2 rings (SSSR count). The van der Waals surface area contributed by atoms with E-state index in [4.69, 9.17) is 5.73 Å². The van der Waals surface area contributed by atoms with Crippen molar-refractivity contribution >= 4 is 5.82 Å². The molecule has 1 saturated heterocycles. The second kappa shape index (κ2) is 3.70. The summed E-state index contributed by atoms with van der Waals surface area (Å²) in [5.74, 6) is 0.491. The van der Waals surface area contributed by atoms with Gasteiger partial charge in [0.2, 0.25) is 0 Å². The Kier molecular flexibility index (Phi) is 2.40. The van der Waals surface area contributed by atoms with Gasteiger partial charge in [-0.3, -0.25) is 9.88 Å². The molecule has 1 fully saturated rings. The fourth-order valence-electron chi connectivity index (χ4n) is 1.62. The Hall–Kier alpha value is -1.16. The van der Waals surface area contributed by atoms with Crippen molar-refractivity contribution in [2.24, 2.45) is 0 Å². The molecular formula is C9H14N4. The van der Waals surface area contributed by atoms with Crippen LogP contribution < -0.4 is 5.73 Å². The maximum Gasteiger partial charge on any atom is 0.141 e. The largest absolute Gasteiger partial charge is 0.382 e. The van der Waals surface area contributed by atoms with E-state index in [1.165, 1.54) is 25.9 Å². The van der Waals surface area contributed by atoms with Gasteiger partial charge in [-0.2, -0.15) is 0 Å². The van der Waals surface area contributed by atoms with E-state index in [1.54, 1.807) is 12.4 Å². The second-order valence-corrected chi connectivity index (χ2v) is 3.42. The van der Waals surface area contributed by atoms with Crippen LogP contribution in [0.15, 0.2) is 12.4 Å². The maximum atomic E-state index is 5.45. The quantitative estimate of drug-likeness (QED) is 0.722. The van der Waals surface area contributed by atoms with Crippen molar-refractivity contribution in [2.45, 2.75) is 19.4 Å². The van der Waals surface area contributed by atoms with E-state index in [0.29, 0.717) is 5.82 Å². The molecule has 0 saturated carbocycles. The van der Waals surface area contributed by atoms with E-state index in [1.807, 2.05) is 0 Å². The molecule has 0 bridgehead atoms. The highest BCUT2D eigenvalue weighted by atomic mass is 15.1. The first kappa shape index (κ1) is 8.44. The molecule has 70 valence electrons. The summed E-state index contributed by atoms with van der Waals surface area (Å²) in [7, 11) is 0. The molecule has 2 heterocycles. The highest BCUT2D eigenvalue weighted by Crippen LogP contribution is 2.10. The molecule has 0 aliphatic carbocycles. The maximum absolute atomic E-state index is 5.45. The topological polar surface area (TPSA) is 55.0 Å². The van der Waals surface area contributed by atoms with Gasteiger partial charge in [0.1, 0.15) is 5.82 Å². The predicted octanol–water partition coefficient (Wildman–Crippen LogP) is 0.655. The van der Waals surface area contributed by atoms with Crippen LogP contribution in [0.5, 0.6) is 0 Å². The number of rotatable bonds is 2. The zero-order valence-corrected chi connectivity index (χ0v) is 7.61. The van der Waals surface area contributed by atoms with Crippen LogP contribution in [0.4, 0.5) is 5.82 Å². The van der Waals surface area contributed by atoms with Crippen LogP contribution in [0.3, 0.4) is 0 Å². The van der Waals surface area contributed by atoms with Gasteiger partial charge in [0.15, 0.2) is 0 Å². The van der Waals surface area contributed by atoms with Crippen molar-refractivity contribution in [1.82, 2.24) is 14.9 Å². The number of hydrogen-bond acceptors (Lipinski definition) is 4. The lowest BCUT2D eigenvalue weighted by atomic mass is 10.4. The molecule has 0 spiro atoms. The third-order valence-corrected chi connectivity index (χ3v) is 2.31. The standard InChI is InChI=1S/C9H14N4/c10-9-6-11-8(5-12-9)7-13-3-1-2-4-13/h5-6H,1-4,7H2,(H2,10,12). The van der Waals surface area contributed by atoms with E-state index in [9.17, 15) is 0 Å². The Balaban J connectivity index is 1.97. The van der Waals surface area contributed by atoms with Gasteiger partial charge in [0.05, 0.1) is 18.1 Å². The summed E-state index contributed by atoms with van der Waals surface area (Å²) in [6.45, 7) is 3.28. The summed E-state index contributed by atoms with van der Waals surface area (Å²) >= 11 is 0. The van der Waals surface area contributed by atoms with Crippen LogP contribution in [0.1, 0.15) is 18.5 Å². The van der Waals surface area contributed by atoms with Crippen molar-refractivity contribution in [3.8, 4) is 0 Å². The third kappa shape index (κ3) is 2.15. The highest BCUT2D eigenvalue weighted by Gasteiger charge is 2.11. The van der Waals surface area contributed by atoms with Crippen LogP contribution in [0.25, 0.3) is 0 Å². The zero-order chi connectivity index (χ0) is 9.10. The summed E-state index contributed by atoms with van der Waals surface area (Å²) in [6.07, 6.45) is 5.99. The fourth-order valence-corrected chi connectivity index (χ4v) is 1.62. The number of aromatic nitrogens is 2. The number of likely N-dealkylation sites (tertiary alicyclic amines) is 1. The van der Waals surface area contributed by atoms with Gasteiger partial charge in [-0.25, -0.2) is 4.98 Å². The average Bonchev–Trinajstić information content (AvgIpc) is 2.62. The first-order chi connectivity index (χ1) is 6.34. The van der Waals surface area contributed by atoms with E-state index in [2.05, 4.69) is 14.9 Å². The molecule has 0 amide bonds. The molecule has 4 nitrogen and oxygen atoms in total. The van der Waals surface area contributed by atoms with Crippen LogP contribution in [-0.2, 0) is 6.54 Å². The van der Waals surface area contributed by atoms with Crippen LogP contribution >= 0.6 is 0 Å². The molecule has 1 aliphatic rings. The summed E-state index contributed by atoms with van der Waals surface area (Å²) in [6, 6.07) is 0. The van der Waals surface area contributed by atoms with Gasteiger partial charge in [-0.1, -0.05) is 0 Å². The van der Waals surface area contributed by atoms with Crippen molar-refractivity contribution < 1.29 is 0 Å². The van der Waals surface area contributed by atoms with Gasteiger partial charge in [0, 0.05) is 6.54 Å². The van der Waals surface area contributed by atoms with Crippen molar-refractivity contribution in [2.75, 3.05) is 18.8 Å². The molecule has 2 N–H and O–H groups in total. The van der Waals surface area contributed by atoms with E-state index >= 15 is 0 Å². The third-order valence-electron chi connectivity index (χ3n) is 2.31. The van der Waals surface area contributed by atoms with Crippen LogP contribution in [0.2, 0.25) is 0 Å². The van der Waals surface area contributed by atoms with E-state index in [-0.39, 0.29) is 0 Å². The molecule has 0 radical (unpaired) electrons. The molecule has 1 aromatic heterocycles.